The Morgan fingerprint density at radius 2 is 0.943 bits per heavy atom. The number of benzene rings is 3. The Hall–Kier alpha value is -3.25. The summed E-state index contributed by atoms with van der Waals surface area (Å²) >= 11 is 3.26. The van der Waals surface area contributed by atoms with E-state index in [0.717, 1.165) is 46.7 Å². The molecule has 0 saturated carbocycles. The second-order valence-electron chi connectivity index (χ2n) is 8.09. The van der Waals surface area contributed by atoms with Crippen LogP contribution in [0.15, 0.2) is 115 Å². The maximum absolute atomic E-state index is 12.7. The molecule has 0 spiro atoms. The van der Waals surface area contributed by atoms with Gasteiger partial charge in [-0.15, -0.1) is 0 Å². The summed E-state index contributed by atoms with van der Waals surface area (Å²) in [5, 5.41) is 3.98. The van der Waals surface area contributed by atoms with Gasteiger partial charge in [0.25, 0.3) is 0 Å². The third kappa shape index (κ3) is 4.55. The Balaban J connectivity index is 1.83. The Morgan fingerprint density at radius 3 is 1.31 bits per heavy atom. The molecule has 0 unspecified atom stereocenters. The fourth-order valence-corrected chi connectivity index (χ4v) is 10.0. The van der Waals surface area contributed by atoms with E-state index in [9.17, 15) is 9.59 Å². The minimum Gasteiger partial charge on any atom is -0.294 e. The van der Waals surface area contributed by atoms with Gasteiger partial charge in [-0.25, -0.2) is 0 Å². The van der Waals surface area contributed by atoms with E-state index in [0.29, 0.717) is 0 Å². The summed E-state index contributed by atoms with van der Waals surface area (Å²) < 4.78 is 2.28. The number of ketones is 2. The molecule has 3 aromatic carbocycles. The molecular weight excluding hydrogens is 489 g/mol. The van der Waals surface area contributed by atoms with Crippen molar-refractivity contribution in [1.29, 1.82) is 0 Å². The quantitative estimate of drug-likeness (QED) is 0.162. The highest BCUT2D eigenvalue weighted by molar-refractivity contribution is 8.00. The van der Waals surface area contributed by atoms with Crippen LogP contribution in [-0.2, 0) is 10.9 Å². The van der Waals surface area contributed by atoms with Gasteiger partial charge in [-0.3, -0.25) is 9.59 Å². The molecule has 0 aliphatic carbocycles. The Bertz CT molecular complexity index is 1390. The number of Topliss-reactive ketones (excluding diaryl/α,β-unsaturated/α-hetero) is 2. The number of hydrogen-bond acceptors (Lipinski definition) is 4. The average Bonchev–Trinajstić information content (AvgIpc) is 3.52. The second kappa shape index (κ2) is 10.2. The van der Waals surface area contributed by atoms with Gasteiger partial charge in [0.2, 0.25) is 8.42 Å². The molecule has 2 nitrogen and oxygen atoms in total. The van der Waals surface area contributed by atoms with Crippen LogP contribution in [-0.4, -0.2) is 11.6 Å². The molecule has 0 N–H and O–H groups in total. The van der Waals surface area contributed by atoms with E-state index >= 15 is 0 Å². The number of rotatable bonds is 7. The second-order valence-corrected chi connectivity index (χ2v) is 12.3. The van der Waals surface area contributed by atoms with Gasteiger partial charge in [0.15, 0.2) is 16.5 Å². The van der Waals surface area contributed by atoms with Crippen LogP contribution in [0.5, 0.6) is 0 Å². The highest BCUT2D eigenvalue weighted by Gasteiger charge is 2.40. The first-order valence-corrected chi connectivity index (χ1v) is 14.2. The smallest absolute Gasteiger partial charge is 0.229 e. The molecule has 5 aromatic rings. The van der Waals surface area contributed by atoms with Crippen molar-refractivity contribution in [3.8, 4) is 22.3 Å². The number of carbonyl (C=O) groups excluding carboxylic acids is 2. The van der Waals surface area contributed by atoms with Crippen molar-refractivity contribution in [2.24, 2.45) is 0 Å². The van der Waals surface area contributed by atoms with Gasteiger partial charge in [-0.05, 0) is 37.1 Å². The summed E-state index contributed by atoms with van der Waals surface area (Å²) in [6.07, 6.45) is 0. The highest BCUT2D eigenvalue weighted by atomic mass is 32.2. The molecular formula is C30H23O2S3+. The summed E-state index contributed by atoms with van der Waals surface area (Å²) in [5.74, 6) is 0.115. The van der Waals surface area contributed by atoms with E-state index in [4.69, 9.17) is 0 Å². The van der Waals surface area contributed by atoms with Crippen LogP contribution in [0.3, 0.4) is 0 Å². The Morgan fingerprint density at radius 1 is 0.571 bits per heavy atom. The van der Waals surface area contributed by atoms with Crippen molar-refractivity contribution < 1.29 is 9.59 Å². The molecule has 5 heteroatoms. The fraction of sp³-hybridized carbons (Fsp3) is 0.0667. The zero-order valence-corrected chi connectivity index (χ0v) is 21.8. The fourth-order valence-electron chi connectivity index (χ4n) is 4.11. The minimum atomic E-state index is -0.498. The first kappa shape index (κ1) is 23.5. The van der Waals surface area contributed by atoms with E-state index in [1.807, 2.05) is 53.2 Å². The molecule has 0 atom stereocenters. The van der Waals surface area contributed by atoms with Gasteiger partial charge in [-0.2, -0.15) is 0 Å². The van der Waals surface area contributed by atoms with E-state index in [2.05, 4.69) is 48.5 Å². The van der Waals surface area contributed by atoms with Gasteiger partial charge in [0.05, 0.1) is 11.1 Å². The van der Waals surface area contributed by atoms with Crippen molar-refractivity contribution in [2.75, 3.05) is 0 Å². The summed E-state index contributed by atoms with van der Waals surface area (Å²) in [6.45, 7) is 3.26. The van der Waals surface area contributed by atoms with E-state index in [1.54, 1.807) is 36.5 Å². The van der Waals surface area contributed by atoms with E-state index in [1.165, 1.54) is 0 Å². The van der Waals surface area contributed by atoms with Gasteiger partial charge in [-0.1, -0.05) is 102 Å². The SMILES string of the molecule is CC(=O)c1csc([S+](c2ccccc2)c2scc(C(C)=O)c2-c2ccccc2)c1-c1ccccc1. The first-order chi connectivity index (χ1) is 17.1. The highest BCUT2D eigenvalue weighted by Crippen LogP contribution is 2.48. The van der Waals surface area contributed by atoms with E-state index in [-0.39, 0.29) is 11.6 Å². The summed E-state index contributed by atoms with van der Waals surface area (Å²) in [5.41, 5.74) is 5.54. The van der Waals surface area contributed by atoms with Crippen LogP contribution >= 0.6 is 22.7 Å². The van der Waals surface area contributed by atoms with Crippen molar-refractivity contribution in [1.82, 2.24) is 0 Å². The molecule has 0 aliphatic rings. The summed E-state index contributed by atoms with van der Waals surface area (Å²) in [4.78, 5) is 26.6. The summed E-state index contributed by atoms with van der Waals surface area (Å²) in [7, 11) is -0.498. The van der Waals surface area contributed by atoms with Gasteiger partial charge in [0.1, 0.15) is 10.9 Å². The third-order valence-electron chi connectivity index (χ3n) is 5.75. The molecule has 2 aromatic heterocycles. The standard InChI is InChI=1S/C30H23O2S3/c1-20(31)25-18-33-29(27(25)22-12-6-3-7-13-22)35(24-16-10-5-11-17-24)30-28(23-14-8-4-9-15-23)26(19-34-30)21(2)32/h3-19H,1-2H3/q+1. The lowest BCUT2D eigenvalue weighted by Crippen LogP contribution is -2.06. The maximum atomic E-state index is 12.7. The molecule has 0 radical (unpaired) electrons. The third-order valence-corrected chi connectivity index (χ3v) is 10.8. The number of carbonyl (C=O) groups is 2. The van der Waals surface area contributed by atoms with Crippen LogP contribution in [0.4, 0.5) is 0 Å². The molecule has 172 valence electrons. The van der Waals surface area contributed by atoms with Gasteiger partial charge in [0, 0.05) is 21.9 Å². The molecule has 2 heterocycles. The summed E-state index contributed by atoms with van der Waals surface area (Å²) in [6, 6.07) is 30.7. The average molecular weight is 512 g/mol. The van der Waals surface area contributed by atoms with Crippen molar-refractivity contribution in [3.05, 3.63) is 113 Å². The maximum Gasteiger partial charge on any atom is 0.229 e. The van der Waals surface area contributed by atoms with Crippen LogP contribution in [0.2, 0.25) is 0 Å². The van der Waals surface area contributed by atoms with Gasteiger partial charge < -0.3 is 0 Å². The Labute approximate surface area is 216 Å². The van der Waals surface area contributed by atoms with Crippen LogP contribution in [0.1, 0.15) is 34.6 Å². The van der Waals surface area contributed by atoms with Crippen LogP contribution in [0, 0.1) is 0 Å². The lowest BCUT2D eigenvalue weighted by atomic mass is 10.0. The van der Waals surface area contributed by atoms with E-state index < -0.39 is 10.9 Å². The zero-order chi connectivity index (χ0) is 24.4. The number of hydrogen-bond donors (Lipinski definition) is 0. The van der Waals surface area contributed by atoms with Gasteiger partial charge >= 0.3 is 0 Å². The molecule has 0 fully saturated rings. The molecule has 0 amide bonds. The molecule has 0 aliphatic heterocycles. The van der Waals surface area contributed by atoms with Crippen molar-refractivity contribution in [3.63, 3.8) is 0 Å². The zero-order valence-electron chi connectivity index (χ0n) is 19.4. The number of thiophene rings is 2. The Kier molecular flexibility index (Phi) is 6.82. The molecule has 0 bridgehead atoms. The topological polar surface area (TPSA) is 34.1 Å². The molecule has 5 rings (SSSR count). The molecule has 0 saturated heterocycles. The molecule has 35 heavy (non-hydrogen) atoms. The predicted molar refractivity (Wildman–Crippen MR) is 148 cm³/mol. The minimum absolute atomic E-state index is 0.0573. The largest absolute Gasteiger partial charge is 0.294 e. The van der Waals surface area contributed by atoms with Crippen LogP contribution in [0.25, 0.3) is 22.3 Å². The van der Waals surface area contributed by atoms with Crippen molar-refractivity contribution >= 4 is 45.1 Å². The predicted octanol–water partition coefficient (Wildman–Crippen LogP) is 8.64. The lowest BCUT2D eigenvalue weighted by molar-refractivity contribution is 0.101. The first-order valence-electron chi connectivity index (χ1n) is 11.2. The lowest BCUT2D eigenvalue weighted by Gasteiger charge is -2.11. The van der Waals surface area contributed by atoms with Crippen LogP contribution < -0.4 is 0 Å². The van der Waals surface area contributed by atoms with Crippen molar-refractivity contribution in [2.45, 2.75) is 27.2 Å². The monoisotopic (exact) mass is 511 g/mol. The normalized spacial score (nSPS) is 11.1.